The standard InChI is InChI=1S/C20H15FN2O2S/c1-2-10-23-19(25)17(18(24)22-20(23)26)12-14-6-3-4-9-16(14)13-7-5-8-15(21)11-13/h2-9,11-12H,1,10H2,(H,22,24,26)/b17-12+. The molecule has 0 saturated carbocycles. The Morgan fingerprint density at radius 3 is 2.65 bits per heavy atom. The van der Waals surface area contributed by atoms with Gasteiger partial charge in [-0.25, -0.2) is 4.39 Å². The number of nitrogens with one attached hydrogen (secondary N) is 1. The van der Waals surface area contributed by atoms with Gasteiger partial charge in [0, 0.05) is 6.54 Å². The van der Waals surface area contributed by atoms with Crippen LogP contribution in [0.5, 0.6) is 0 Å². The second kappa shape index (κ2) is 7.41. The van der Waals surface area contributed by atoms with E-state index in [1.807, 2.05) is 6.07 Å². The van der Waals surface area contributed by atoms with E-state index in [2.05, 4.69) is 11.9 Å². The fourth-order valence-electron chi connectivity index (χ4n) is 2.69. The van der Waals surface area contributed by atoms with Crippen LogP contribution < -0.4 is 5.32 Å². The molecule has 0 unspecified atom stereocenters. The maximum Gasteiger partial charge on any atom is 0.265 e. The lowest BCUT2D eigenvalue weighted by Gasteiger charge is -2.27. The van der Waals surface area contributed by atoms with Crippen LogP contribution in [0.15, 0.2) is 66.8 Å². The third-order valence-corrected chi connectivity index (χ3v) is 4.22. The SMILES string of the molecule is C=CCN1C(=O)/C(=C/c2ccccc2-c2cccc(F)c2)C(=O)NC1=S. The lowest BCUT2D eigenvalue weighted by Crippen LogP contribution is -2.53. The minimum Gasteiger partial charge on any atom is -0.298 e. The molecule has 0 atom stereocenters. The number of nitrogens with zero attached hydrogens (tertiary/aromatic N) is 1. The highest BCUT2D eigenvalue weighted by Crippen LogP contribution is 2.27. The average molecular weight is 366 g/mol. The van der Waals surface area contributed by atoms with Crippen LogP contribution in [0.1, 0.15) is 5.56 Å². The van der Waals surface area contributed by atoms with Crippen molar-refractivity contribution >= 4 is 35.2 Å². The van der Waals surface area contributed by atoms with Gasteiger partial charge in [-0.3, -0.25) is 19.8 Å². The highest BCUT2D eigenvalue weighted by molar-refractivity contribution is 7.80. The van der Waals surface area contributed by atoms with Crippen molar-refractivity contribution in [3.8, 4) is 11.1 Å². The predicted octanol–water partition coefficient (Wildman–Crippen LogP) is 3.31. The van der Waals surface area contributed by atoms with Gasteiger partial charge < -0.3 is 0 Å². The van der Waals surface area contributed by atoms with Gasteiger partial charge in [-0.1, -0.05) is 42.5 Å². The quantitative estimate of drug-likeness (QED) is 0.391. The van der Waals surface area contributed by atoms with Gasteiger partial charge in [-0.05, 0) is 47.1 Å². The zero-order chi connectivity index (χ0) is 18.7. The number of carbonyl (C=O) groups is 2. The van der Waals surface area contributed by atoms with Crippen LogP contribution in [-0.4, -0.2) is 28.4 Å². The molecule has 1 aliphatic heterocycles. The van der Waals surface area contributed by atoms with Crippen molar-refractivity contribution in [2.45, 2.75) is 0 Å². The van der Waals surface area contributed by atoms with Crippen molar-refractivity contribution in [1.82, 2.24) is 10.2 Å². The molecular weight excluding hydrogens is 351 g/mol. The van der Waals surface area contributed by atoms with Gasteiger partial charge in [0.2, 0.25) is 0 Å². The van der Waals surface area contributed by atoms with Crippen LogP contribution in [-0.2, 0) is 9.59 Å². The van der Waals surface area contributed by atoms with E-state index in [0.29, 0.717) is 16.7 Å². The molecule has 3 rings (SSSR count). The minimum absolute atomic E-state index is 0.0377. The van der Waals surface area contributed by atoms with Gasteiger partial charge in [-0.2, -0.15) is 0 Å². The summed E-state index contributed by atoms with van der Waals surface area (Å²) >= 11 is 5.04. The lowest BCUT2D eigenvalue weighted by atomic mass is 9.97. The molecule has 0 bridgehead atoms. The molecule has 0 radical (unpaired) electrons. The van der Waals surface area contributed by atoms with Crippen LogP contribution in [0.4, 0.5) is 4.39 Å². The molecule has 1 saturated heterocycles. The normalized spacial score (nSPS) is 16.0. The first-order valence-corrected chi connectivity index (χ1v) is 8.27. The minimum atomic E-state index is -0.561. The van der Waals surface area contributed by atoms with Crippen molar-refractivity contribution in [1.29, 1.82) is 0 Å². The highest BCUT2D eigenvalue weighted by Gasteiger charge is 2.32. The average Bonchev–Trinajstić information content (AvgIpc) is 2.62. The smallest absolute Gasteiger partial charge is 0.265 e. The molecule has 2 amide bonds. The summed E-state index contributed by atoms with van der Waals surface area (Å²) in [6.07, 6.45) is 3.02. The van der Waals surface area contributed by atoms with E-state index in [-0.39, 0.29) is 23.0 Å². The second-order valence-electron chi connectivity index (χ2n) is 5.62. The number of benzene rings is 2. The Morgan fingerprint density at radius 2 is 1.92 bits per heavy atom. The molecule has 0 aromatic heterocycles. The number of hydrogen-bond acceptors (Lipinski definition) is 3. The number of halogens is 1. The zero-order valence-electron chi connectivity index (χ0n) is 13.7. The number of amides is 2. The van der Waals surface area contributed by atoms with Gasteiger partial charge in [0.15, 0.2) is 5.11 Å². The van der Waals surface area contributed by atoms with E-state index in [1.165, 1.54) is 29.2 Å². The topological polar surface area (TPSA) is 49.4 Å². The zero-order valence-corrected chi connectivity index (χ0v) is 14.6. The summed E-state index contributed by atoms with van der Waals surface area (Å²) in [5.74, 6) is -1.42. The van der Waals surface area contributed by atoms with E-state index in [4.69, 9.17) is 12.2 Å². The summed E-state index contributed by atoms with van der Waals surface area (Å²) in [6.45, 7) is 3.79. The maximum atomic E-state index is 13.6. The first-order chi connectivity index (χ1) is 12.5. The van der Waals surface area contributed by atoms with Crippen LogP contribution in [0.25, 0.3) is 17.2 Å². The lowest BCUT2D eigenvalue weighted by molar-refractivity contribution is -0.128. The summed E-state index contributed by atoms with van der Waals surface area (Å²) in [5, 5.41) is 2.56. The van der Waals surface area contributed by atoms with Gasteiger partial charge >= 0.3 is 0 Å². The molecule has 130 valence electrons. The summed E-state index contributed by atoms with van der Waals surface area (Å²) in [7, 11) is 0. The molecular formula is C20H15FN2O2S. The van der Waals surface area contributed by atoms with Crippen LogP contribution in [0, 0.1) is 5.82 Å². The first kappa shape index (κ1) is 17.7. The molecule has 4 nitrogen and oxygen atoms in total. The Balaban J connectivity index is 2.07. The fourth-order valence-corrected chi connectivity index (χ4v) is 2.94. The second-order valence-corrected chi connectivity index (χ2v) is 6.01. The Hall–Kier alpha value is -3.12. The Kier molecular flexibility index (Phi) is 5.04. The van der Waals surface area contributed by atoms with E-state index >= 15 is 0 Å². The predicted molar refractivity (Wildman–Crippen MR) is 102 cm³/mol. The highest BCUT2D eigenvalue weighted by atomic mass is 32.1. The Morgan fingerprint density at radius 1 is 1.15 bits per heavy atom. The molecule has 0 aliphatic carbocycles. The van der Waals surface area contributed by atoms with Crippen molar-refractivity contribution in [3.05, 3.63) is 78.1 Å². The molecule has 1 N–H and O–H groups in total. The summed E-state index contributed by atoms with van der Waals surface area (Å²) in [4.78, 5) is 26.2. The summed E-state index contributed by atoms with van der Waals surface area (Å²) in [5.41, 5.74) is 1.95. The van der Waals surface area contributed by atoms with E-state index in [0.717, 1.165) is 0 Å². The van der Waals surface area contributed by atoms with Crippen LogP contribution in [0.3, 0.4) is 0 Å². The van der Waals surface area contributed by atoms with Gasteiger partial charge in [0.25, 0.3) is 11.8 Å². The fraction of sp³-hybridized carbons (Fsp3) is 0.0500. The Labute approximate surface area is 155 Å². The molecule has 2 aromatic rings. The van der Waals surface area contributed by atoms with Crippen molar-refractivity contribution < 1.29 is 14.0 Å². The molecule has 1 aliphatic rings. The molecule has 26 heavy (non-hydrogen) atoms. The van der Waals surface area contributed by atoms with Crippen molar-refractivity contribution in [2.75, 3.05) is 6.54 Å². The molecule has 6 heteroatoms. The van der Waals surface area contributed by atoms with Gasteiger partial charge in [0.05, 0.1) is 0 Å². The van der Waals surface area contributed by atoms with Crippen LogP contribution >= 0.6 is 12.2 Å². The number of thiocarbonyl (C=S) groups is 1. The van der Waals surface area contributed by atoms with Gasteiger partial charge in [-0.15, -0.1) is 6.58 Å². The largest absolute Gasteiger partial charge is 0.298 e. The number of carbonyl (C=O) groups excluding carboxylic acids is 2. The molecule has 1 fully saturated rings. The summed E-state index contributed by atoms with van der Waals surface area (Å²) in [6, 6.07) is 13.3. The van der Waals surface area contributed by atoms with E-state index < -0.39 is 11.8 Å². The number of rotatable bonds is 4. The van der Waals surface area contributed by atoms with E-state index in [1.54, 1.807) is 30.3 Å². The third-order valence-electron chi connectivity index (χ3n) is 3.89. The molecule has 1 heterocycles. The van der Waals surface area contributed by atoms with Gasteiger partial charge in [0.1, 0.15) is 11.4 Å². The third kappa shape index (κ3) is 3.45. The monoisotopic (exact) mass is 366 g/mol. The Bertz CT molecular complexity index is 952. The van der Waals surface area contributed by atoms with Crippen molar-refractivity contribution in [2.24, 2.45) is 0 Å². The van der Waals surface area contributed by atoms with Crippen molar-refractivity contribution in [3.63, 3.8) is 0 Å². The van der Waals surface area contributed by atoms with Crippen LogP contribution in [0.2, 0.25) is 0 Å². The van der Waals surface area contributed by atoms with E-state index in [9.17, 15) is 14.0 Å². The maximum absolute atomic E-state index is 13.6. The molecule has 0 spiro atoms. The summed E-state index contributed by atoms with van der Waals surface area (Å²) < 4.78 is 13.6. The first-order valence-electron chi connectivity index (χ1n) is 7.86. The number of hydrogen-bond donors (Lipinski definition) is 1. The molecule has 2 aromatic carbocycles.